The maximum Gasteiger partial charge on any atom is 0.303 e. The second-order valence-electron chi connectivity index (χ2n) is 18.6. The molecule has 5 heterocycles. The average Bonchev–Trinajstić information content (AvgIpc) is 4.34. The molecule has 5 N–H and O–H groups in total. The van der Waals surface area contributed by atoms with Crippen molar-refractivity contribution in [3.8, 4) is 23.0 Å². The van der Waals surface area contributed by atoms with Crippen molar-refractivity contribution in [1.29, 1.82) is 0 Å². The standard InChI is InChI=1S/C57H54N2O15S4/c1-71-41-24-45-30(20-49(75-45)37(60)9-13-53(58)64)17-28(41)5-7-33(35-19-32-22-51(39(62)11-15-55(67)68)77-47(32)26-43(35)73-3)34(57-44(74-4)27-48-36(59-57)23-52(78-48)40(63)12-16-56(69)70)8-6-29-18-31-21-50(38(61)10-14-54(65)66)76-46(31)25-42(29)72-2/h17-27,33-34H,5-16H2,1-4H3,(H2,58,64)(H,65,66)(H,67,68)(H,69,70). The van der Waals surface area contributed by atoms with Gasteiger partial charge in [-0.2, -0.15) is 0 Å². The minimum atomic E-state index is -1.10. The second-order valence-corrected chi connectivity index (χ2v) is 22.9. The zero-order valence-corrected chi connectivity index (χ0v) is 46.2. The molecule has 78 heavy (non-hydrogen) atoms. The first-order chi connectivity index (χ1) is 37.4. The molecule has 0 aliphatic carbocycles. The molecule has 8 aromatic rings. The van der Waals surface area contributed by atoms with Crippen molar-refractivity contribution < 1.29 is 72.6 Å². The van der Waals surface area contributed by atoms with Crippen molar-refractivity contribution in [2.75, 3.05) is 28.4 Å². The molecule has 1 amide bonds. The summed E-state index contributed by atoms with van der Waals surface area (Å²) < 4.78 is 27.4. The topological polar surface area (TPSA) is 273 Å². The number of primary amides is 1. The summed E-state index contributed by atoms with van der Waals surface area (Å²) in [4.78, 5) is 106. The zero-order chi connectivity index (χ0) is 55.9. The molecule has 2 unspecified atom stereocenters. The number of pyridine rings is 1. The summed E-state index contributed by atoms with van der Waals surface area (Å²) in [6.07, 6.45) is -0.0115. The van der Waals surface area contributed by atoms with E-state index in [-0.39, 0.29) is 74.5 Å². The first kappa shape index (κ1) is 56.6. The number of carbonyl (C=O) groups excluding carboxylic acids is 5. The van der Waals surface area contributed by atoms with Gasteiger partial charge in [0.1, 0.15) is 23.0 Å². The molecule has 8 rings (SSSR count). The predicted octanol–water partition coefficient (Wildman–Crippen LogP) is 11.7. The van der Waals surface area contributed by atoms with Gasteiger partial charge < -0.3 is 40.0 Å². The quantitative estimate of drug-likeness (QED) is 0.0317. The number of thiophene rings is 4. The molecule has 21 heteroatoms. The number of aryl methyl sites for hydroxylation is 2. The third-order valence-corrected chi connectivity index (χ3v) is 18.0. The number of carbonyl (C=O) groups is 8. The predicted molar refractivity (Wildman–Crippen MR) is 300 cm³/mol. The molecule has 0 bridgehead atoms. The monoisotopic (exact) mass is 1130 g/mol. The number of nitrogens with two attached hydrogens (primary N) is 1. The van der Waals surface area contributed by atoms with Crippen LogP contribution in [0, 0.1) is 0 Å². The number of nitrogens with zero attached hydrogens (tertiary/aromatic N) is 1. The van der Waals surface area contributed by atoms with E-state index in [2.05, 4.69) is 0 Å². The lowest BCUT2D eigenvalue weighted by molar-refractivity contribution is -0.137. The zero-order valence-electron chi connectivity index (χ0n) is 42.9. The van der Waals surface area contributed by atoms with E-state index in [4.69, 9.17) is 29.7 Å². The highest BCUT2D eigenvalue weighted by molar-refractivity contribution is 7.22. The van der Waals surface area contributed by atoms with Crippen molar-refractivity contribution in [2.24, 2.45) is 5.73 Å². The third kappa shape index (κ3) is 13.0. The summed E-state index contributed by atoms with van der Waals surface area (Å²) in [6.45, 7) is 0. The van der Waals surface area contributed by atoms with Crippen LogP contribution in [0.25, 0.3) is 40.5 Å². The number of benzene rings is 3. The number of hydrogen-bond donors (Lipinski definition) is 4. The first-order valence-corrected chi connectivity index (χ1v) is 28.0. The molecule has 0 radical (unpaired) electrons. The number of rotatable bonds is 29. The van der Waals surface area contributed by atoms with Crippen LogP contribution in [-0.4, -0.2) is 95.7 Å². The average molecular weight is 1140 g/mol. The number of carboxylic acids is 3. The molecule has 0 saturated heterocycles. The highest BCUT2D eigenvalue weighted by atomic mass is 32.1. The van der Waals surface area contributed by atoms with Gasteiger partial charge in [0, 0.05) is 58.2 Å². The lowest BCUT2D eigenvalue weighted by atomic mass is 9.76. The number of ether oxygens (including phenoxy) is 4. The van der Waals surface area contributed by atoms with Crippen LogP contribution >= 0.6 is 45.3 Å². The van der Waals surface area contributed by atoms with Gasteiger partial charge in [-0.05, 0) is 125 Å². The summed E-state index contributed by atoms with van der Waals surface area (Å²) in [5, 5.41) is 30.3. The minimum absolute atomic E-state index is 0.0250. The number of hydrogen-bond acceptors (Lipinski definition) is 17. The van der Waals surface area contributed by atoms with Gasteiger partial charge in [-0.1, -0.05) is 0 Å². The van der Waals surface area contributed by atoms with Gasteiger partial charge in [-0.15, -0.1) is 45.3 Å². The Bertz CT molecular complexity index is 3440. The van der Waals surface area contributed by atoms with Crippen LogP contribution in [-0.2, 0) is 32.0 Å². The smallest absolute Gasteiger partial charge is 0.303 e. The molecule has 406 valence electrons. The van der Waals surface area contributed by atoms with E-state index in [1.54, 1.807) is 45.6 Å². The van der Waals surface area contributed by atoms with Crippen LogP contribution in [0.15, 0.2) is 66.7 Å². The Morgan fingerprint density at radius 2 is 0.821 bits per heavy atom. The number of ketones is 4. The Labute approximate surface area is 462 Å². The van der Waals surface area contributed by atoms with Gasteiger partial charge in [0.2, 0.25) is 5.91 Å². The molecule has 0 saturated carbocycles. The van der Waals surface area contributed by atoms with E-state index in [1.807, 2.05) is 42.5 Å². The van der Waals surface area contributed by atoms with Gasteiger partial charge in [-0.25, -0.2) is 4.98 Å². The number of carboxylic acid groups (broad SMARTS) is 3. The van der Waals surface area contributed by atoms with Crippen molar-refractivity contribution in [3.63, 3.8) is 0 Å². The van der Waals surface area contributed by atoms with E-state index >= 15 is 0 Å². The second kappa shape index (κ2) is 24.8. The molecular weight excluding hydrogens is 1080 g/mol. The molecule has 5 aromatic heterocycles. The summed E-state index contributed by atoms with van der Waals surface area (Å²) >= 11 is 4.97. The van der Waals surface area contributed by atoms with Gasteiger partial charge >= 0.3 is 17.9 Å². The van der Waals surface area contributed by atoms with Crippen molar-refractivity contribution >= 4 is 133 Å². The van der Waals surface area contributed by atoms with Crippen LogP contribution in [0.3, 0.4) is 0 Å². The minimum Gasteiger partial charge on any atom is -0.496 e. The Hall–Kier alpha value is -7.59. The number of aromatic nitrogens is 1. The van der Waals surface area contributed by atoms with Crippen molar-refractivity contribution in [2.45, 2.75) is 88.9 Å². The fraction of sp³-hybridized carbons (Fsp3) is 0.316. The maximum atomic E-state index is 13.4. The number of Topliss-reactive ketones (excluding diaryl/α,β-unsaturated/α-hetero) is 4. The normalized spacial score (nSPS) is 12.2. The molecular formula is C57H54N2O15S4. The Morgan fingerprint density at radius 3 is 1.24 bits per heavy atom. The number of aliphatic carboxylic acids is 3. The fourth-order valence-corrected chi connectivity index (χ4v) is 13.7. The largest absolute Gasteiger partial charge is 0.496 e. The summed E-state index contributed by atoms with van der Waals surface area (Å²) in [6, 6.07) is 20.3. The molecule has 0 spiro atoms. The van der Waals surface area contributed by atoms with Crippen LogP contribution in [0.1, 0.15) is 137 Å². The molecule has 3 aromatic carbocycles. The SMILES string of the molecule is COc1cc2sc(C(=O)CCC(N)=O)cc2cc1CCC(c1cc2cc(C(=O)CCC(=O)O)sc2cc1OC)C(CCc1cc2cc(C(=O)CCC(=O)O)sc2cc1OC)c1nc2cc(C(=O)CCC(=O)O)sc2cc1OC. The van der Waals surface area contributed by atoms with E-state index < -0.39 is 35.7 Å². The first-order valence-electron chi connectivity index (χ1n) is 24.7. The number of methoxy groups -OCH3 is 4. The highest BCUT2D eigenvalue weighted by Gasteiger charge is 2.33. The summed E-state index contributed by atoms with van der Waals surface area (Å²) in [7, 11) is 6.21. The summed E-state index contributed by atoms with van der Waals surface area (Å²) in [5.74, 6) is -3.95. The van der Waals surface area contributed by atoms with E-state index in [0.717, 1.165) is 46.9 Å². The maximum absolute atomic E-state index is 13.4. The van der Waals surface area contributed by atoms with Crippen LogP contribution in [0.2, 0.25) is 0 Å². The van der Waals surface area contributed by atoms with Crippen LogP contribution < -0.4 is 24.7 Å². The Kier molecular flexibility index (Phi) is 18.0. The third-order valence-electron chi connectivity index (χ3n) is 13.5. The van der Waals surface area contributed by atoms with Crippen molar-refractivity contribution in [1.82, 2.24) is 4.98 Å². The Balaban J connectivity index is 1.30. The van der Waals surface area contributed by atoms with Gasteiger partial charge in [0.15, 0.2) is 23.1 Å². The van der Waals surface area contributed by atoms with Crippen LogP contribution in [0.4, 0.5) is 0 Å². The van der Waals surface area contributed by atoms with Gasteiger partial charge in [0.05, 0.1) is 83.1 Å². The fourth-order valence-electron chi connectivity index (χ4n) is 9.61. The number of amides is 1. The van der Waals surface area contributed by atoms with E-state index in [0.29, 0.717) is 84.1 Å². The van der Waals surface area contributed by atoms with Gasteiger partial charge in [0.25, 0.3) is 0 Å². The highest BCUT2D eigenvalue weighted by Crippen LogP contribution is 2.49. The van der Waals surface area contributed by atoms with Crippen LogP contribution in [0.5, 0.6) is 23.0 Å². The Morgan fingerprint density at radius 1 is 0.449 bits per heavy atom. The molecule has 0 fully saturated rings. The lowest BCUT2D eigenvalue weighted by Crippen LogP contribution is -2.17. The molecule has 2 atom stereocenters. The van der Waals surface area contributed by atoms with Gasteiger partial charge in [-0.3, -0.25) is 38.4 Å². The van der Waals surface area contributed by atoms with E-state index in [9.17, 15) is 53.7 Å². The molecule has 0 aliphatic rings. The number of fused-ring (bicyclic) bond motifs is 4. The lowest BCUT2D eigenvalue weighted by Gasteiger charge is -2.30. The molecule has 0 aliphatic heterocycles. The molecule has 17 nitrogen and oxygen atoms in total. The summed E-state index contributed by atoms with van der Waals surface area (Å²) in [5.41, 5.74) is 8.75. The van der Waals surface area contributed by atoms with E-state index in [1.165, 1.54) is 52.5 Å². The van der Waals surface area contributed by atoms with Crippen molar-refractivity contribution in [3.05, 3.63) is 109 Å².